The Morgan fingerprint density at radius 3 is 2.50 bits per heavy atom. The van der Waals surface area contributed by atoms with Crippen molar-refractivity contribution in [3.8, 4) is 5.69 Å². The molecule has 2 heterocycles. The van der Waals surface area contributed by atoms with Crippen molar-refractivity contribution in [3.63, 3.8) is 0 Å². The fraction of sp³-hybridized carbons (Fsp3) is 0.286. The summed E-state index contributed by atoms with van der Waals surface area (Å²) >= 11 is 3.44. The van der Waals surface area contributed by atoms with Crippen molar-refractivity contribution < 1.29 is 18.0 Å². The number of anilines is 1. The van der Waals surface area contributed by atoms with E-state index in [0.717, 1.165) is 22.9 Å². The fourth-order valence-corrected chi connectivity index (χ4v) is 5.91. The minimum Gasteiger partial charge on any atom is -0.354 e. The van der Waals surface area contributed by atoms with Crippen LogP contribution >= 0.6 is 15.9 Å². The molecule has 1 aliphatic carbocycles. The third-order valence-corrected chi connectivity index (χ3v) is 8.48. The molecule has 1 aliphatic rings. The molecule has 0 atom stereocenters. The summed E-state index contributed by atoms with van der Waals surface area (Å²) in [5.74, 6) is -0.356. The summed E-state index contributed by atoms with van der Waals surface area (Å²) in [6.45, 7) is 0.465. The van der Waals surface area contributed by atoms with Crippen molar-refractivity contribution in [2.75, 3.05) is 30.7 Å². The minimum atomic E-state index is -3.66. The Hall–Kier alpha value is -3.77. The SMILES string of the molecule is CNC(=O)c1c2cc(C3CC3)c(N(CCCNC(=O)c3cccnc3)S(C)(=O)=O)cc2nn1-c1ccc(Br)cc1. The number of carbonyl (C=O) groups excluding carboxylic acids is 2. The van der Waals surface area contributed by atoms with Crippen LogP contribution in [0, 0.1) is 0 Å². The summed E-state index contributed by atoms with van der Waals surface area (Å²) in [4.78, 5) is 29.4. The van der Waals surface area contributed by atoms with Crippen LogP contribution in [0.1, 0.15) is 51.6 Å². The number of halogens is 1. The molecular weight excluding hydrogens is 596 g/mol. The monoisotopic (exact) mass is 624 g/mol. The van der Waals surface area contributed by atoms with Crippen LogP contribution in [0.2, 0.25) is 0 Å². The summed E-state index contributed by atoms with van der Waals surface area (Å²) in [6.07, 6.45) is 6.53. The van der Waals surface area contributed by atoms with E-state index in [1.54, 1.807) is 36.1 Å². The molecule has 4 aromatic rings. The highest BCUT2D eigenvalue weighted by atomic mass is 79.9. The van der Waals surface area contributed by atoms with Gasteiger partial charge in [0.25, 0.3) is 11.8 Å². The standard InChI is InChI=1S/C28H29BrN6O4S/c1-30-28(37)26-23-15-22(18-6-7-18)25(16-24(23)33-35(26)21-10-8-20(29)9-11-21)34(40(2,38)39)14-4-13-32-27(36)19-5-3-12-31-17-19/h3,5,8-12,15-18H,4,6-7,13-14H2,1-2H3,(H,30,37)(H,32,36). The van der Waals surface area contributed by atoms with Gasteiger partial charge in [0.1, 0.15) is 5.69 Å². The number of nitrogens with one attached hydrogen (secondary N) is 2. The van der Waals surface area contributed by atoms with Crippen LogP contribution in [-0.4, -0.2) is 61.4 Å². The molecule has 2 N–H and O–H groups in total. The Bertz CT molecular complexity index is 1670. The summed E-state index contributed by atoms with van der Waals surface area (Å²) in [7, 11) is -2.09. The lowest BCUT2D eigenvalue weighted by Crippen LogP contribution is -2.34. The van der Waals surface area contributed by atoms with E-state index in [-0.39, 0.29) is 24.3 Å². The molecule has 2 aromatic heterocycles. The number of hydrogen-bond acceptors (Lipinski definition) is 6. The summed E-state index contributed by atoms with van der Waals surface area (Å²) in [5.41, 5.74) is 3.48. The molecule has 1 saturated carbocycles. The molecule has 0 saturated heterocycles. The molecule has 12 heteroatoms. The Morgan fingerprint density at radius 2 is 1.88 bits per heavy atom. The van der Waals surface area contributed by atoms with Crippen molar-refractivity contribution in [3.05, 3.63) is 82.2 Å². The third-order valence-electron chi connectivity index (χ3n) is 6.77. The number of amides is 2. The van der Waals surface area contributed by atoms with Crippen LogP contribution in [0.4, 0.5) is 5.69 Å². The maximum atomic E-state index is 13.0. The quantitative estimate of drug-likeness (QED) is 0.257. The Morgan fingerprint density at radius 1 is 1.12 bits per heavy atom. The van der Waals surface area contributed by atoms with Crippen molar-refractivity contribution >= 4 is 54.4 Å². The molecule has 5 rings (SSSR count). The van der Waals surface area contributed by atoms with Gasteiger partial charge in [0.2, 0.25) is 10.0 Å². The zero-order valence-electron chi connectivity index (χ0n) is 22.1. The van der Waals surface area contributed by atoms with Crippen molar-refractivity contribution in [2.24, 2.45) is 0 Å². The predicted octanol–water partition coefficient (Wildman–Crippen LogP) is 4.01. The number of carbonyl (C=O) groups is 2. The van der Waals surface area contributed by atoms with Crippen LogP contribution in [0.25, 0.3) is 16.6 Å². The topological polar surface area (TPSA) is 126 Å². The number of benzene rings is 2. The van der Waals surface area contributed by atoms with Gasteiger partial charge in [-0.15, -0.1) is 0 Å². The smallest absolute Gasteiger partial charge is 0.270 e. The summed E-state index contributed by atoms with van der Waals surface area (Å²) in [6, 6.07) is 14.5. The van der Waals surface area contributed by atoms with Gasteiger partial charge < -0.3 is 10.6 Å². The van der Waals surface area contributed by atoms with Crippen LogP contribution < -0.4 is 14.9 Å². The normalized spacial score (nSPS) is 13.3. The van der Waals surface area contributed by atoms with Crippen molar-refractivity contribution in [1.29, 1.82) is 0 Å². The van der Waals surface area contributed by atoms with E-state index in [1.807, 2.05) is 30.3 Å². The second kappa shape index (κ2) is 11.4. The number of nitrogens with zero attached hydrogens (tertiary/aromatic N) is 4. The highest BCUT2D eigenvalue weighted by Gasteiger charge is 2.32. The zero-order valence-corrected chi connectivity index (χ0v) is 24.5. The van der Waals surface area contributed by atoms with Gasteiger partial charge in [0.15, 0.2) is 0 Å². The third kappa shape index (κ3) is 5.87. The van der Waals surface area contributed by atoms with Gasteiger partial charge >= 0.3 is 0 Å². The summed E-state index contributed by atoms with van der Waals surface area (Å²) in [5, 5.41) is 10.9. The van der Waals surface area contributed by atoms with Gasteiger partial charge in [-0.25, -0.2) is 13.1 Å². The van der Waals surface area contributed by atoms with E-state index in [1.165, 1.54) is 16.8 Å². The number of rotatable bonds is 10. The first-order valence-electron chi connectivity index (χ1n) is 12.9. The predicted molar refractivity (Wildman–Crippen MR) is 158 cm³/mol. The molecule has 0 spiro atoms. The minimum absolute atomic E-state index is 0.174. The van der Waals surface area contributed by atoms with Crippen molar-refractivity contribution in [1.82, 2.24) is 25.4 Å². The second-order valence-electron chi connectivity index (χ2n) is 9.70. The average Bonchev–Trinajstić information content (AvgIpc) is 3.72. The summed E-state index contributed by atoms with van der Waals surface area (Å²) < 4.78 is 29.9. The molecule has 0 bridgehead atoms. The molecule has 2 aromatic carbocycles. The molecule has 208 valence electrons. The first kappa shape index (κ1) is 27.8. The Kier molecular flexibility index (Phi) is 7.90. The molecule has 0 unspecified atom stereocenters. The zero-order chi connectivity index (χ0) is 28.4. The molecular formula is C28H29BrN6O4S. The average molecular weight is 626 g/mol. The van der Waals surface area contributed by atoms with E-state index < -0.39 is 10.0 Å². The van der Waals surface area contributed by atoms with Gasteiger partial charge in [0, 0.05) is 42.4 Å². The van der Waals surface area contributed by atoms with Gasteiger partial charge in [-0.05, 0) is 79.3 Å². The molecule has 40 heavy (non-hydrogen) atoms. The molecule has 0 aliphatic heterocycles. The van der Waals surface area contributed by atoms with Crippen LogP contribution in [0.3, 0.4) is 0 Å². The number of aromatic nitrogens is 3. The maximum absolute atomic E-state index is 13.0. The van der Waals surface area contributed by atoms with Crippen LogP contribution in [0.5, 0.6) is 0 Å². The lowest BCUT2D eigenvalue weighted by molar-refractivity contribution is 0.0946. The lowest BCUT2D eigenvalue weighted by Gasteiger charge is -2.25. The maximum Gasteiger partial charge on any atom is 0.270 e. The molecule has 1 fully saturated rings. The van der Waals surface area contributed by atoms with Gasteiger partial charge in [-0.3, -0.25) is 18.9 Å². The van der Waals surface area contributed by atoms with Gasteiger partial charge in [-0.2, -0.15) is 5.10 Å². The van der Waals surface area contributed by atoms with E-state index >= 15 is 0 Å². The Balaban J connectivity index is 1.50. The van der Waals surface area contributed by atoms with E-state index in [4.69, 9.17) is 5.10 Å². The van der Waals surface area contributed by atoms with Crippen molar-refractivity contribution in [2.45, 2.75) is 25.2 Å². The van der Waals surface area contributed by atoms with Gasteiger partial charge in [0.05, 0.1) is 28.7 Å². The largest absolute Gasteiger partial charge is 0.354 e. The highest BCUT2D eigenvalue weighted by molar-refractivity contribution is 9.10. The highest BCUT2D eigenvalue weighted by Crippen LogP contribution is 2.46. The number of sulfonamides is 1. The molecule has 10 nitrogen and oxygen atoms in total. The number of hydrogen-bond donors (Lipinski definition) is 2. The van der Waals surface area contributed by atoms with Crippen LogP contribution in [0.15, 0.2) is 65.4 Å². The Labute approximate surface area is 241 Å². The van der Waals surface area contributed by atoms with Crippen LogP contribution in [-0.2, 0) is 10.0 Å². The van der Waals surface area contributed by atoms with E-state index in [2.05, 4.69) is 31.5 Å². The molecule has 2 amide bonds. The van der Waals surface area contributed by atoms with Gasteiger partial charge in [-0.1, -0.05) is 15.9 Å². The molecule has 0 radical (unpaired) electrons. The number of pyridine rings is 1. The second-order valence-corrected chi connectivity index (χ2v) is 12.5. The first-order valence-corrected chi connectivity index (χ1v) is 15.5. The van der Waals surface area contributed by atoms with E-state index in [9.17, 15) is 18.0 Å². The lowest BCUT2D eigenvalue weighted by atomic mass is 10.0. The number of fused-ring (bicyclic) bond motifs is 1. The first-order chi connectivity index (χ1) is 19.2. The van der Waals surface area contributed by atoms with E-state index in [0.29, 0.717) is 46.5 Å². The fourth-order valence-electron chi connectivity index (χ4n) is 4.67.